The van der Waals surface area contributed by atoms with Crippen LogP contribution in [0.4, 0.5) is 0 Å². The van der Waals surface area contributed by atoms with Crippen LogP contribution >= 0.6 is 0 Å². The molecule has 1 amide bonds. The Morgan fingerprint density at radius 1 is 1.25 bits per heavy atom. The average Bonchev–Trinajstić information content (AvgIpc) is 2.44. The van der Waals surface area contributed by atoms with Crippen molar-refractivity contribution in [1.82, 2.24) is 10.2 Å². The van der Waals surface area contributed by atoms with Gasteiger partial charge in [-0.15, -0.1) is 0 Å². The molecule has 3 N–H and O–H groups in total. The molecule has 0 saturated heterocycles. The van der Waals surface area contributed by atoms with E-state index in [1.165, 1.54) is 32.1 Å². The van der Waals surface area contributed by atoms with Crippen LogP contribution in [-0.4, -0.2) is 42.5 Å². The van der Waals surface area contributed by atoms with Crippen molar-refractivity contribution in [2.24, 2.45) is 11.7 Å². The third-order valence-corrected chi connectivity index (χ3v) is 4.33. The molecule has 1 rings (SSSR count). The average molecular weight is 283 g/mol. The predicted molar refractivity (Wildman–Crippen MR) is 84.6 cm³/mol. The molecule has 1 fully saturated rings. The van der Waals surface area contributed by atoms with Crippen molar-refractivity contribution in [2.75, 3.05) is 19.6 Å². The lowest BCUT2D eigenvalue weighted by molar-refractivity contribution is -0.127. The number of hydrogen-bond donors (Lipinski definition) is 2. The zero-order valence-electron chi connectivity index (χ0n) is 13.5. The van der Waals surface area contributed by atoms with E-state index < -0.39 is 0 Å². The molecule has 20 heavy (non-hydrogen) atoms. The highest BCUT2D eigenvalue weighted by Gasteiger charge is 2.28. The minimum atomic E-state index is -0.0613. The van der Waals surface area contributed by atoms with Gasteiger partial charge in [0.25, 0.3) is 0 Å². The number of nitrogens with zero attached hydrogens (tertiary/aromatic N) is 1. The van der Waals surface area contributed by atoms with E-state index >= 15 is 0 Å². The zero-order chi connectivity index (χ0) is 15.0. The summed E-state index contributed by atoms with van der Waals surface area (Å²) in [6, 6.07) is 0.479. The number of carbonyl (C=O) groups is 1. The molecular weight excluding hydrogens is 250 g/mol. The van der Waals surface area contributed by atoms with Crippen LogP contribution in [0.3, 0.4) is 0 Å². The Kier molecular flexibility index (Phi) is 8.15. The van der Waals surface area contributed by atoms with Crippen molar-refractivity contribution in [2.45, 2.75) is 71.4 Å². The van der Waals surface area contributed by atoms with E-state index in [0.29, 0.717) is 18.5 Å². The molecule has 0 radical (unpaired) electrons. The first kappa shape index (κ1) is 17.4. The quantitative estimate of drug-likeness (QED) is 0.717. The lowest BCUT2D eigenvalue weighted by Crippen LogP contribution is -2.52. The summed E-state index contributed by atoms with van der Waals surface area (Å²) in [6.45, 7) is 8.61. The van der Waals surface area contributed by atoms with Gasteiger partial charge in [-0.25, -0.2) is 0 Å². The topological polar surface area (TPSA) is 58.4 Å². The third-order valence-electron chi connectivity index (χ3n) is 4.33. The Morgan fingerprint density at radius 3 is 2.45 bits per heavy atom. The molecule has 0 aliphatic heterocycles. The highest BCUT2D eigenvalue weighted by atomic mass is 16.2. The standard InChI is InChI=1S/C16H33N3O/c1-13(2)9-11-18-16(20)14(3)19(12-10-17)15-7-5-4-6-8-15/h13-15H,4-12,17H2,1-3H3,(H,18,20). The van der Waals surface area contributed by atoms with Gasteiger partial charge in [-0.2, -0.15) is 0 Å². The van der Waals surface area contributed by atoms with Gasteiger partial charge in [0.05, 0.1) is 6.04 Å². The first-order chi connectivity index (χ1) is 9.56. The molecule has 1 atom stereocenters. The van der Waals surface area contributed by atoms with Crippen LogP contribution < -0.4 is 11.1 Å². The van der Waals surface area contributed by atoms with Gasteiger partial charge in [-0.3, -0.25) is 9.69 Å². The molecule has 1 unspecified atom stereocenters. The van der Waals surface area contributed by atoms with Gasteiger partial charge in [-0.1, -0.05) is 33.1 Å². The summed E-state index contributed by atoms with van der Waals surface area (Å²) in [5.41, 5.74) is 5.74. The number of rotatable bonds is 8. The largest absolute Gasteiger partial charge is 0.355 e. The highest BCUT2D eigenvalue weighted by molar-refractivity contribution is 5.81. The lowest BCUT2D eigenvalue weighted by atomic mass is 9.93. The van der Waals surface area contributed by atoms with Crippen molar-refractivity contribution < 1.29 is 4.79 Å². The van der Waals surface area contributed by atoms with Gasteiger partial charge in [0, 0.05) is 25.7 Å². The molecular formula is C16H33N3O. The maximum Gasteiger partial charge on any atom is 0.237 e. The summed E-state index contributed by atoms with van der Waals surface area (Å²) in [5, 5.41) is 3.07. The SMILES string of the molecule is CC(C)CCNC(=O)C(C)N(CCN)C1CCCCC1. The molecule has 0 aromatic heterocycles. The summed E-state index contributed by atoms with van der Waals surface area (Å²) in [6.07, 6.45) is 7.37. The second-order valence-corrected chi connectivity index (χ2v) is 6.47. The normalized spacial score (nSPS) is 18.5. The molecule has 0 heterocycles. The van der Waals surface area contributed by atoms with Crippen LogP contribution in [0.5, 0.6) is 0 Å². The van der Waals surface area contributed by atoms with Crippen molar-refractivity contribution in [3.63, 3.8) is 0 Å². The van der Waals surface area contributed by atoms with Gasteiger partial charge in [0.15, 0.2) is 0 Å². The van der Waals surface area contributed by atoms with E-state index in [4.69, 9.17) is 5.73 Å². The molecule has 1 saturated carbocycles. The first-order valence-corrected chi connectivity index (χ1v) is 8.29. The molecule has 1 aliphatic rings. The maximum atomic E-state index is 12.3. The number of nitrogens with one attached hydrogen (secondary N) is 1. The molecule has 0 spiro atoms. The van der Waals surface area contributed by atoms with Gasteiger partial charge < -0.3 is 11.1 Å². The highest BCUT2D eigenvalue weighted by Crippen LogP contribution is 2.24. The number of carbonyl (C=O) groups excluding carboxylic acids is 1. The van der Waals surface area contributed by atoms with Crippen molar-refractivity contribution in [3.8, 4) is 0 Å². The second-order valence-electron chi connectivity index (χ2n) is 6.47. The Morgan fingerprint density at radius 2 is 1.90 bits per heavy atom. The fourth-order valence-electron chi connectivity index (χ4n) is 3.04. The van der Waals surface area contributed by atoms with Gasteiger partial charge in [0.2, 0.25) is 5.91 Å². The number of hydrogen-bond acceptors (Lipinski definition) is 3. The summed E-state index contributed by atoms with van der Waals surface area (Å²) < 4.78 is 0. The van der Waals surface area contributed by atoms with Crippen LogP contribution in [0.15, 0.2) is 0 Å². The second kappa shape index (κ2) is 9.35. The molecule has 1 aliphatic carbocycles. The van der Waals surface area contributed by atoms with Gasteiger partial charge in [0.1, 0.15) is 0 Å². The van der Waals surface area contributed by atoms with Crippen LogP contribution in [0.25, 0.3) is 0 Å². The Bertz CT molecular complexity index is 275. The summed E-state index contributed by atoms with van der Waals surface area (Å²) >= 11 is 0. The smallest absolute Gasteiger partial charge is 0.237 e. The molecule has 0 aromatic carbocycles. The molecule has 0 aromatic rings. The van der Waals surface area contributed by atoms with E-state index in [1.807, 2.05) is 6.92 Å². The number of amides is 1. The maximum absolute atomic E-state index is 12.3. The Hall–Kier alpha value is -0.610. The van der Waals surface area contributed by atoms with E-state index in [9.17, 15) is 4.79 Å². The van der Waals surface area contributed by atoms with Gasteiger partial charge >= 0.3 is 0 Å². The van der Waals surface area contributed by atoms with Crippen LogP contribution in [-0.2, 0) is 4.79 Å². The molecule has 118 valence electrons. The minimum absolute atomic E-state index is 0.0613. The Balaban J connectivity index is 2.48. The van der Waals surface area contributed by atoms with Gasteiger partial charge in [-0.05, 0) is 32.1 Å². The summed E-state index contributed by atoms with van der Waals surface area (Å²) in [7, 11) is 0. The van der Waals surface area contributed by atoms with E-state index in [-0.39, 0.29) is 11.9 Å². The van der Waals surface area contributed by atoms with Crippen LogP contribution in [0.1, 0.15) is 59.3 Å². The fourth-order valence-corrected chi connectivity index (χ4v) is 3.04. The number of nitrogens with two attached hydrogens (primary N) is 1. The summed E-state index contributed by atoms with van der Waals surface area (Å²) in [4.78, 5) is 14.6. The van der Waals surface area contributed by atoms with Crippen molar-refractivity contribution in [3.05, 3.63) is 0 Å². The van der Waals surface area contributed by atoms with Crippen LogP contribution in [0, 0.1) is 5.92 Å². The zero-order valence-corrected chi connectivity index (χ0v) is 13.5. The Labute approximate surface area is 124 Å². The van der Waals surface area contributed by atoms with Crippen molar-refractivity contribution in [1.29, 1.82) is 0 Å². The first-order valence-electron chi connectivity index (χ1n) is 8.29. The fraction of sp³-hybridized carbons (Fsp3) is 0.938. The van der Waals surface area contributed by atoms with Crippen LogP contribution in [0.2, 0.25) is 0 Å². The molecule has 4 heteroatoms. The van der Waals surface area contributed by atoms with Crippen molar-refractivity contribution >= 4 is 5.91 Å². The van der Waals surface area contributed by atoms with E-state index in [1.54, 1.807) is 0 Å². The monoisotopic (exact) mass is 283 g/mol. The van der Waals surface area contributed by atoms with E-state index in [2.05, 4.69) is 24.1 Å². The van der Waals surface area contributed by atoms with E-state index in [0.717, 1.165) is 19.5 Å². The minimum Gasteiger partial charge on any atom is -0.355 e. The third kappa shape index (κ3) is 5.80. The lowest BCUT2D eigenvalue weighted by Gasteiger charge is -2.37. The predicted octanol–water partition coefficient (Wildman–Crippen LogP) is 2.13. The molecule has 4 nitrogen and oxygen atoms in total. The molecule has 0 bridgehead atoms. The summed E-state index contributed by atoms with van der Waals surface area (Å²) in [5.74, 6) is 0.786.